The number of unbranched alkanes of at least 4 members (excludes halogenated alkanes) is 35. The van der Waals surface area contributed by atoms with Crippen molar-refractivity contribution in [3.05, 3.63) is 97.2 Å². The SMILES string of the molecule is CC/C=C\C/C=C\C/C=C\C/C=C\C/C=C\C/C=C\C/C=C\C/C=C\CCCCCCCCCCCCC(=O)OCC(COC(=O)CCCCCCCCCCCCC)OC(=O)CCCCCCCCCCCCCCCCCC. The second kappa shape index (κ2) is 67.8. The Morgan fingerprint density at radius 3 is 0.762 bits per heavy atom. The monoisotopic (exact) mass is 1110 g/mol. The lowest BCUT2D eigenvalue weighted by Gasteiger charge is -2.18. The molecule has 0 fully saturated rings. The summed E-state index contributed by atoms with van der Waals surface area (Å²) in [7, 11) is 0. The topological polar surface area (TPSA) is 78.9 Å². The summed E-state index contributed by atoms with van der Waals surface area (Å²) in [5.41, 5.74) is 0. The van der Waals surface area contributed by atoms with Crippen molar-refractivity contribution in [1.29, 1.82) is 0 Å². The predicted octanol–water partition coefficient (Wildman–Crippen LogP) is 23.6. The van der Waals surface area contributed by atoms with Crippen LogP contribution in [-0.4, -0.2) is 37.2 Å². The van der Waals surface area contributed by atoms with E-state index in [1.54, 1.807) is 0 Å². The summed E-state index contributed by atoms with van der Waals surface area (Å²) in [6, 6.07) is 0. The first-order valence-electron chi connectivity index (χ1n) is 34.2. The molecule has 0 aromatic heterocycles. The first-order chi connectivity index (χ1) is 39.5. The fourth-order valence-corrected chi connectivity index (χ4v) is 9.76. The minimum absolute atomic E-state index is 0.0724. The van der Waals surface area contributed by atoms with Crippen molar-refractivity contribution in [2.75, 3.05) is 13.2 Å². The van der Waals surface area contributed by atoms with Crippen LogP contribution in [0.1, 0.15) is 335 Å². The minimum Gasteiger partial charge on any atom is -0.462 e. The molecule has 0 aliphatic heterocycles. The fourth-order valence-electron chi connectivity index (χ4n) is 9.76. The van der Waals surface area contributed by atoms with Gasteiger partial charge < -0.3 is 14.2 Å². The van der Waals surface area contributed by atoms with Crippen LogP contribution in [0.2, 0.25) is 0 Å². The quantitative estimate of drug-likeness (QED) is 0.0261. The van der Waals surface area contributed by atoms with E-state index in [0.29, 0.717) is 19.3 Å². The molecule has 0 amide bonds. The molecule has 0 heterocycles. The van der Waals surface area contributed by atoms with Crippen LogP contribution in [0.4, 0.5) is 0 Å². The maximum absolute atomic E-state index is 12.9. The van der Waals surface area contributed by atoms with Crippen molar-refractivity contribution in [3.63, 3.8) is 0 Å². The van der Waals surface area contributed by atoms with Crippen LogP contribution < -0.4 is 0 Å². The number of ether oxygens (including phenoxy) is 3. The molecule has 0 radical (unpaired) electrons. The van der Waals surface area contributed by atoms with Gasteiger partial charge in [-0.25, -0.2) is 0 Å². The molecule has 460 valence electrons. The standard InChI is InChI=1S/C74H128O6/c1-4-7-10-13-16-19-22-24-26-28-29-30-31-32-33-34-35-36-37-38-39-40-41-42-43-44-45-46-48-49-52-55-58-61-64-67-73(76)79-70-71(69-78-72(75)66-63-60-57-54-51-21-18-15-12-9-6-3)80-74(77)68-65-62-59-56-53-50-47-27-25-23-20-17-14-11-8-5-2/h7,10,16,19,24,26,29-30,32-33,35-36,38-39,41-42,71H,4-6,8-9,11-15,17-18,20-23,25,27-28,31,34,37,40,43-70H2,1-3H3/b10-7-,19-16-,26-24-,30-29-,33-32-,36-35-,39-38-,42-41-. The van der Waals surface area contributed by atoms with Crippen LogP contribution in [0.5, 0.6) is 0 Å². The van der Waals surface area contributed by atoms with E-state index in [2.05, 4.69) is 118 Å². The number of esters is 3. The summed E-state index contributed by atoms with van der Waals surface area (Å²) < 4.78 is 16.9. The summed E-state index contributed by atoms with van der Waals surface area (Å²) in [5.74, 6) is -0.861. The molecule has 80 heavy (non-hydrogen) atoms. The number of hydrogen-bond acceptors (Lipinski definition) is 6. The number of carbonyl (C=O) groups is 3. The van der Waals surface area contributed by atoms with Gasteiger partial charge in [-0.1, -0.05) is 330 Å². The highest BCUT2D eigenvalue weighted by Gasteiger charge is 2.19. The van der Waals surface area contributed by atoms with Gasteiger partial charge in [-0.15, -0.1) is 0 Å². The van der Waals surface area contributed by atoms with E-state index in [1.807, 2.05) is 0 Å². The minimum atomic E-state index is -0.775. The third-order valence-electron chi connectivity index (χ3n) is 14.9. The summed E-state index contributed by atoms with van der Waals surface area (Å²) in [5, 5.41) is 0. The van der Waals surface area contributed by atoms with Gasteiger partial charge in [-0.3, -0.25) is 14.4 Å². The second-order valence-electron chi connectivity index (χ2n) is 22.7. The Labute approximate surface area is 496 Å². The molecule has 6 heteroatoms. The Balaban J connectivity index is 4.17. The van der Waals surface area contributed by atoms with E-state index >= 15 is 0 Å². The zero-order valence-corrected chi connectivity index (χ0v) is 52.8. The maximum atomic E-state index is 12.9. The van der Waals surface area contributed by atoms with Gasteiger partial charge in [0.05, 0.1) is 0 Å². The lowest BCUT2D eigenvalue weighted by molar-refractivity contribution is -0.167. The molecule has 0 aliphatic carbocycles. The Bertz CT molecular complexity index is 1560. The number of carbonyl (C=O) groups excluding carboxylic acids is 3. The van der Waals surface area contributed by atoms with Crippen molar-refractivity contribution >= 4 is 17.9 Å². The van der Waals surface area contributed by atoms with E-state index in [9.17, 15) is 14.4 Å². The first-order valence-corrected chi connectivity index (χ1v) is 34.2. The molecule has 1 atom stereocenters. The number of allylic oxidation sites excluding steroid dienone is 16. The predicted molar refractivity (Wildman–Crippen MR) is 348 cm³/mol. The highest BCUT2D eigenvalue weighted by molar-refractivity contribution is 5.71. The molecule has 0 aromatic rings. The van der Waals surface area contributed by atoms with Crippen molar-refractivity contribution in [2.24, 2.45) is 0 Å². The summed E-state index contributed by atoms with van der Waals surface area (Å²) >= 11 is 0. The molecule has 0 rings (SSSR count). The molecule has 6 nitrogen and oxygen atoms in total. The molecular formula is C74H128O6. The van der Waals surface area contributed by atoms with Gasteiger partial charge >= 0.3 is 17.9 Å². The largest absolute Gasteiger partial charge is 0.462 e. The Kier molecular flexibility index (Phi) is 64.7. The normalized spacial score (nSPS) is 12.7. The molecule has 1 unspecified atom stereocenters. The van der Waals surface area contributed by atoms with Gasteiger partial charge in [0.25, 0.3) is 0 Å². The summed E-state index contributed by atoms with van der Waals surface area (Å²) in [4.78, 5) is 38.3. The Morgan fingerprint density at radius 1 is 0.263 bits per heavy atom. The van der Waals surface area contributed by atoms with Gasteiger partial charge in [-0.2, -0.15) is 0 Å². The fraction of sp³-hybridized carbons (Fsp3) is 0.743. The molecule has 0 spiro atoms. The molecule has 0 aromatic carbocycles. The molecule has 0 saturated heterocycles. The third-order valence-corrected chi connectivity index (χ3v) is 14.9. The summed E-state index contributed by atoms with van der Waals surface area (Å²) in [6.07, 6.45) is 91.4. The van der Waals surface area contributed by atoms with Crippen LogP contribution in [-0.2, 0) is 28.6 Å². The van der Waals surface area contributed by atoms with Gasteiger partial charge in [0.15, 0.2) is 6.10 Å². The van der Waals surface area contributed by atoms with Gasteiger partial charge in [0.2, 0.25) is 0 Å². The van der Waals surface area contributed by atoms with Crippen LogP contribution in [0.15, 0.2) is 97.2 Å². The van der Waals surface area contributed by atoms with E-state index in [4.69, 9.17) is 14.2 Å². The summed E-state index contributed by atoms with van der Waals surface area (Å²) in [6.45, 7) is 6.55. The zero-order valence-electron chi connectivity index (χ0n) is 52.8. The van der Waals surface area contributed by atoms with Crippen molar-refractivity contribution in [3.8, 4) is 0 Å². The Morgan fingerprint density at radius 2 is 0.487 bits per heavy atom. The highest BCUT2D eigenvalue weighted by Crippen LogP contribution is 2.17. The lowest BCUT2D eigenvalue weighted by atomic mass is 10.0. The average molecular weight is 1110 g/mol. The molecule has 0 N–H and O–H groups in total. The van der Waals surface area contributed by atoms with Gasteiger partial charge in [0, 0.05) is 19.3 Å². The van der Waals surface area contributed by atoms with Gasteiger partial charge in [-0.05, 0) is 83.5 Å². The third kappa shape index (κ3) is 65.1. The molecule has 0 bridgehead atoms. The van der Waals surface area contributed by atoms with Crippen LogP contribution in [0, 0.1) is 0 Å². The second-order valence-corrected chi connectivity index (χ2v) is 22.7. The first kappa shape index (κ1) is 76.3. The van der Waals surface area contributed by atoms with Gasteiger partial charge in [0.1, 0.15) is 13.2 Å². The van der Waals surface area contributed by atoms with E-state index < -0.39 is 6.10 Å². The maximum Gasteiger partial charge on any atom is 0.306 e. The smallest absolute Gasteiger partial charge is 0.306 e. The van der Waals surface area contributed by atoms with Crippen LogP contribution >= 0.6 is 0 Å². The van der Waals surface area contributed by atoms with Crippen molar-refractivity contribution < 1.29 is 28.6 Å². The highest BCUT2D eigenvalue weighted by atomic mass is 16.6. The number of hydrogen-bond donors (Lipinski definition) is 0. The van der Waals surface area contributed by atoms with E-state index in [-0.39, 0.29) is 31.1 Å². The lowest BCUT2D eigenvalue weighted by Crippen LogP contribution is -2.30. The van der Waals surface area contributed by atoms with E-state index in [1.165, 1.54) is 186 Å². The number of rotatable bonds is 62. The molecular weight excluding hydrogens is 985 g/mol. The Hall–Kier alpha value is -3.67. The molecule has 0 aliphatic rings. The molecule has 0 saturated carbocycles. The van der Waals surface area contributed by atoms with Crippen molar-refractivity contribution in [2.45, 2.75) is 341 Å². The van der Waals surface area contributed by atoms with Crippen LogP contribution in [0.25, 0.3) is 0 Å². The van der Waals surface area contributed by atoms with E-state index in [0.717, 1.165) is 109 Å². The average Bonchev–Trinajstić information content (AvgIpc) is 3.46. The zero-order chi connectivity index (χ0) is 57.8. The van der Waals surface area contributed by atoms with Crippen molar-refractivity contribution in [1.82, 2.24) is 0 Å². The van der Waals surface area contributed by atoms with Crippen LogP contribution in [0.3, 0.4) is 0 Å².